The fraction of sp³-hybridized carbons (Fsp3) is 0.333. The van der Waals surface area contributed by atoms with E-state index >= 15 is 0 Å². The van der Waals surface area contributed by atoms with Crippen molar-refractivity contribution in [2.24, 2.45) is 0 Å². The number of Topliss-reactive ketones (excluding diaryl/α,β-unsaturated/α-hetero) is 1. The molecule has 1 atom stereocenters. The number of aromatic nitrogens is 4. The number of aryl methyl sites for hydroxylation is 2. The number of likely N-dealkylation sites (tertiary alicyclic amines) is 1. The maximum Gasteiger partial charge on any atom is 0.227 e. The number of amides is 1. The lowest BCUT2D eigenvalue weighted by atomic mass is 10.0. The first-order chi connectivity index (χ1) is 14.0. The molecule has 0 saturated carbocycles. The van der Waals surface area contributed by atoms with Gasteiger partial charge in [0.15, 0.2) is 5.78 Å². The highest BCUT2D eigenvalue weighted by Crippen LogP contribution is 2.26. The first-order valence-corrected chi connectivity index (χ1v) is 9.70. The second-order valence-electron chi connectivity index (χ2n) is 7.39. The Morgan fingerprint density at radius 1 is 1.24 bits per heavy atom. The van der Waals surface area contributed by atoms with Crippen molar-refractivity contribution in [1.82, 2.24) is 24.9 Å². The molecule has 1 saturated heterocycles. The largest absolute Gasteiger partial charge is 0.383 e. The Bertz CT molecular complexity index is 1030. The number of nitrogens with one attached hydrogen (secondary N) is 1. The van der Waals surface area contributed by atoms with Crippen LogP contribution in [0.4, 0.5) is 5.82 Å². The Morgan fingerprint density at radius 3 is 2.69 bits per heavy atom. The van der Waals surface area contributed by atoms with Gasteiger partial charge in [-0.15, -0.1) is 0 Å². The zero-order chi connectivity index (χ0) is 20.5. The van der Waals surface area contributed by atoms with E-state index in [1.165, 1.54) is 6.20 Å². The minimum absolute atomic E-state index is 0.0672. The molecular formula is C21H24N6O2. The molecule has 8 nitrogen and oxygen atoms in total. The summed E-state index contributed by atoms with van der Waals surface area (Å²) in [5.74, 6) is 0.0701. The van der Waals surface area contributed by atoms with Gasteiger partial charge in [0, 0.05) is 17.8 Å². The van der Waals surface area contributed by atoms with Gasteiger partial charge in [-0.25, -0.2) is 4.68 Å². The lowest BCUT2D eigenvalue weighted by Gasteiger charge is -2.23. The van der Waals surface area contributed by atoms with Crippen LogP contribution in [-0.2, 0) is 11.2 Å². The molecule has 1 aromatic carbocycles. The van der Waals surface area contributed by atoms with E-state index < -0.39 is 6.04 Å². The number of para-hydroxylation sites is 1. The number of carbonyl (C=O) groups excluding carboxylic acids is 2. The Hall–Kier alpha value is -3.42. The van der Waals surface area contributed by atoms with Gasteiger partial charge in [-0.3, -0.25) is 14.7 Å². The molecule has 0 aliphatic carbocycles. The molecule has 150 valence electrons. The van der Waals surface area contributed by atoms with Gasteiger partial charge in [0.1, 0.15) is 5.82 Å². The van der Waals surface area contributed by atoms with E-state index in [0.29, 0.717) is 24.3 Å². The predicted octanol–water partition coefficient (Wildman–Crippen LogP) is 2.21. The smallest absolute Gasteiger partial charge is 0.227 e. The number of nitrogens with two attached hydrogens (primary N) is 1. The molecule has 29 heavy (non-hydrogen) atoms. The maximum atomic E-state index is 13.2. The summed E-state index contributed by atoms with van der Waals surface area (Å²) in [6.07, 6.45) is 3.15. The van der Waals surface area contributed by atoms with Gasteiger partial charge in [-0.2, -0.15) is 10.2 Å². The van der Waals surface area contributed by atoms with Gasteiger partial charge in [0.25, 0.3) is 0 Å². The van der Waals surface area contributed by atoms with Crippen LogP contribution < -0.4 is 5.73 Å². The number of nitrogens with zero attached hydrogens (tertiary/aromatic N) is 4. The average molecular weight is 392 g/mol. The average Bonchev–Trinajstić information content (AvgIpc) is 3.43. The Labute approximate surface area is 168 Å². The van der Waals surface area contributed by atoms with Gasteiger partial charge < -0.3 is 10.6 Å². The van der Waals surface area contributed by atoms with E-state index in [9.17, 15) is 9.59 Å². The van der Waals surface area contributed by atoms with Crippen LogP contribution in [0.3, 0.4) is 0 Å². The summed E-state index contributed by atoms with van der Waals surface area (Å²) in [5.41, 5.74) is 9.97. The van der Waals surface area contributed by atoms with Crippen LogP contribution in [0.5, 0.6) is 0 Å². The van der Waals surface area contributed by atoms with Crippen molar-refractivity contribution >= 4 is 17.5 Å². The molecule has 0 spiro atoms. The zero-order valence-corrected chi connectivity index (χ0v) is 16.6. The Kier molecular flexibility index (Phi) is 4.92. The van der Waals surface area contributed by atoms with Crippen molar-refractivity contribution in [2.75, 3.05) is 12.3 Å². The first-order valence-electron chi connectivity index (χ1n) is 9.70. The second-order valence-corrected chi connectivity index (χ2v) is 7.39. The summed E-state index contributed by atoms with van der Waals surface area (Å²) in [5, 5.41) is 11.3. The number of hydrogen-bond acceptors (Lipinski definition) is 5. The molecule has 1 aliphatic heterocycles. The standard InChI is InChI=1S/C21H24N6O2/c1-13-16(14(2)25-24-13)11-19(28)26-10-6-9-18(26)20(29)17-12-23-27(21(17)22)15-7-4-3-5-8-15/h3-5,7-8,12,18H,6,9-11,22H2,1-2H3,(H,24,25). The number of anilines is 1. The van der Waals surface area contributed by atoms with Crippen LogP contribution in [0.1, 0.15) is 40.2 Å². The predicted molar refractivity (Wildman–Crippen MR) is 109 cm³/mol. The van der Waals surface area contributed by atoms with Gasteiger partial charge >= 0.3 is 0 Å². The van der Waals surface area contributed by atoms with E-state index in [2.05, 4.69) is 15.3 Å². The first kappa shape index (κ1) is 18.9. The summed E-state index contributed by atoms with van der Waals surface area (Å²) in [6, 6.07) is 8.91. The van der Waals surface area contributed by atoms with Gasteiger partial charge in [0.2, 0.25) is 5.91 Å². The molecule has 2 aromatic heterocycles. The highest BCUT2D eigenvalue weighted by atomic mass is 16.2. The number of rotatable bonds is 5. The Balaban J connectivity index is 1.55. The summed E-state index contributed by atoms with van der Waals surface area (Å²) in [4.78, 5) is 27.8. The molecule has 1 unspecified atom stereocenters. The third-order valence-electron chi connectivity index (χ3n) is 5.56. The van der Waals surface area contributed by atoms with Crippen LogP contribution in [0, 0.1) is 13.8 Å². The van der Waals surface area contributed by atoms with Gasteiger partial charge in [-0.1, -0.05) is 18.2 Å². The highest BCUT2D eigenvalue weighted by molar-refractivity contribution is 6.05. The van der Waals surface area contributed by atoms with Crippen LogP contribution in [-0.4, -0.2) is 49.2 Å². The molecule has 1 amide bonds. The third kappa shape index (κ3) is 3.41. The van der Waals surface area contributed by atoms with Crippen molar-refractivity contribution in [3.8, 4) is 5.69 Å². The number of ketones is 1. The molecule has 3 N–H and O–H groups in total. The molecule has 1 fully saturated rings. The molecule has 3 aromatic rings. The molecule has 8 heteroatoms. The number of carbonyl (C=O) groups is 2. The van der Waals surface area contributed by atoms with E-state index in [1.54, 1.807) is 9.58 Å². The molecule has 3 heterocycles. The number of aromatic amines is 1. The highest BCUT2D eigenvalue weighted by Gasteiger charge is 2.36. The number of nitrogen functional groups attached to an aromatic ring is 1. The van der Waals surface area contributed by atoms with E-state index in [0.717, 1.165) is 29.1 Å². The van der Waals surface area contributed by atoms with Gasteiger partial charge in [0.05, 0.1) is 35.6 Å². The lowest BCUT2D eigenvalue weighted by Crippen LogP contribution is -2.41. The normalized spacial score (nSPS) is 16.3. The van der Waals surface area contributed by atoms with Crippen molar-refractivity contribution in [3.05, 3.63) is 59.0 Å². The topological polar surface area (TPSA) is 110 Å². The summed E-state index contributed by atoms with van der Waals surface area (Å²) < 4.78 is 1.55. The van der Waals surface area contributed by atoms with Gasteiger partial charge in [-0.05, 0) is 38.8 Å². The minimum Gasteiger partial charge on any atom is -0.383 e. The molecule has 4 rings (SSSR count). The van der Waals surface area contributed by atoms with Crippen molar-refractivity contribution < 1.29 is 9.59 Å². The van der Waals surface area contributed by atoms with Crippen molar-refractivity contribution in [1.29, 1.82) is 0 Å². The SMILES string of the molecule is Cc1n[nH]c(C)c1CC(=O)N1CCCC1C(=O)c1cnn(-c2ccccc2)c1N. The third-order valence-corrected chi connectivity index (χ3v) is 5.56. The Morgan fingerprint density at radius 2 is 2.00 bits per heavy atom. The van der Waals surface area contributed by atoms with E-state index in [-0.39, 0.29) is 18.1 Å². The molecular weight excluding hydrogens is 368 g/mol. The number of H-pyrrole nitrogens is 1. The fourth-order valence-electron chi connectivity index (χ4n) is 3.93. The number of hydrogen-bond donors (Lipinski definition) is 2. The zero-order valence-electron chi connectivity index (χ0n) is 16.6. The van der Waals surface area contributed by atoms with E-state index in [1.807, 2.05) is 44.2 Å². The number of benzene rings is 1. The van der Waals surface area contributed by atoms with Crippen LogP contribution in [0.2, 0.25) is 0 Å². The van der Waals surface area contributed by atoms with Crippen molar-refractivity contribution in [2.45, 2.75) is 39.2 Å². The maximum absolute atomic E-state index is 13.2. The fourth-order valence-corrected chi connectivity index (χ4v) is 3.93. The summed E-state index contributed by atoms with van der Waals surface area (Å²) >= 11 is 0. The van der Waals surface area contributed by atoms with Crippen LogP contribution >= 0.6 is 0 Å². The van der Waals surface area contributed by atoms with Crippen molar-refractivity contribution in [3.63, 3.8) is 0 Å². The lowest BCUT2D eigenvalue weighted by molar-refractivity contribution is -0.130. The second kappa shape index (κ2) is 7.54. The molecule has 0 bridgehead atoms. The van der Waals surface area contributed by atoms with Crippen LogP contribution in [0.25, 0.3) is 5.69 Å². The summed E-state index contributed by atoms with van der Waals surface area (Å²) in [6.45, 7) is 4.34. The van der Waals surface area contributed by atoms with Crippen LogP contribution in [0.15, 0.2) is 36.5 Å². The minimum atomic E-state index is -0.509. The quantitative estimate of drug-likeness (QED) is 0.647. The molecule has 1 aliphatic rings. The monoisotopic (exact) mass is 392 g/mol. The molecule has 0 radical (unpaired) electrons. The van der Waals surface area contributed by atoms with E-state index in [4.69, 9.17) is 5.73 Å². The summed E-state index contributed by atoms with van der Waals surface area (Å²) in [7, 11) is 0.